The molecule has 0 bridgehead atoms. The Morgan fingerprint density at radius 3 is 1.57 bits per heavy atom. The van der Waals surface area contributed by atoms with E-state index in [0.717, 1.165) is 0 Å². The Morgan fingerprint density at radius 1 is 1.43 bits per heavy atom. The molecule has 0 fully saturated rings. The summed E-state index contributed by atoms with van der Waals surface area (Å²) in [7, 11) is 0. The molecule has 0 aliphatic heterocycles. The maximum absolute atomic E-state index is 3.83. The molecule has 1 radical (unpaired) electrons. The van der Waals surface area contributed by atoms with E-state index in [9.17, 15) is 0 Å². The fraction of sp³-hybridized carbons (Fsp3) is 0.833. The summed E-state index contributed by atoms with van der Waals surface area (Å²) in [6, 6.07) is 0. The zero-order valence-electron chi connectivity index (χ0n) is 5.16. The molecule has 0 aromatic carbocycles. The Bertz CT molecular complexity index is 49.7. The Hall–Kier alpha value is 0.480. The first kappa shape index (κ1) is 7.48. The molecular weight excluding hydrogens is 152 g/mol. The second kappa shape index (κ2) is 2.17. The van der Waals surface area contributed by atoms with Crippen molar-refractivity contribution in [3.8, 4) is 0 Å². The van der Waals surface area contributed by atoms with Crippen molar-refractivity contribution in [1.82, 2.24) is 0 Å². The van der Waals surface area contributed by atoms with E-state index in [4.69, 9.17) is 0 Å². The first-order valence-corrected chi connectivity index (χ1v) is 3.33. The third-order valence-electron chi connectivity index (χ3n) is 0.940. The van der Waals surface area contributed by atoms with Crippen LogP contribution in [0.1, 0.15) is 20.8 Å². The lowest BCUT2D eigenvalue weighted by molar-refractivity contribution is 0.436. The molecular formula is C6H12Br. The fourth-order valence-electron chi connectivity index (χ4n) is 0. The van der Waals surface area contributed by atoms with Crippen LogP contribution in [0.3, 0.4) is 0 Å². The Morgan fingerprint density at radius 2 is 1.57 bits per heavy atom. The molecule has 1 heteroatoms. The van der Waals surface area contributed by atoms with Gasteiger partial charge in [-0.05, 0) is 12.3 Å². The van der Waals surface area contributed by atoms with Gasteiger partial charge in [-0.1, -0.05) is 36.7 Å². The van der Waals surface area contributed by atoms with Crippen LogP contribution in [0, 0.1) is 12.3 Å². The molecule has 0 spiro atoms. The lowest BCUT2D eigenvalue weighted by Gasteiger charge is -2.20. The molecule has 0 aromatic rings. The molecule has 0 nitrogen and oxygen atoms in total. The van der Waals surface area contributed by atoms with Gasteiger partial charge in [0.2, 0.25) is 0 Å². The van der Waals surface area contributed by atoms with Crippen LogP contribution in [-0.2, 0) is 0 Å². The lowest BCUT2D eigenvalue weighted by atomic mass is 9.94. The molecule has 0 N–H and O–H groups in total. The van der Waals surface area contributed by atoms with Crippen molar-refractivity contribution in [3.05, 3.63) is 6.92 Å². The van der Waals surface area contributed by atoms with E-state index in [1.54, 1.807) is 0 Å². The lowest BCUT2D eigenvalue weighted by Crippen LogP contribution is -2.16. The van der Waals surface area contributed by atoms with Crippen LogP contribution in [-0.4, -0.2) is 4.83 Å². The van der Waals surface area contributed by atoms with Gasteiger partial charge in [0.15, 0.2) is 0 Å². The molecule has 0 aliphatic carbocycles. The molecule has 0 amide bonds. The summed E-state index contributed by atoms with van der Waals surface area (Å²) in [5.41, 5.74) is 0.306. The highest BCUT2D eigenvalue weighted by atomic mass is 79.9. The van der Waals surface area contributed by atoms with E-state index >= 15 is 0 Å². The Labute approximate surface area is 54.4 Å². The topological polar surface area (TPSA) is 0 Å². The minimum atomic E-state index is 0.306. The SMILES string of the molecule is [CH2]C(Br)C(C)(C)C. The van der Waals surface area contributed by atoms with Crippen molar-refractivity contribution in [2.75, 3.05) is 0 Å². The largest absolute Gasteiger partial charge is 0.0885 e. The van der Waals surface area contributed by atoms with Crippen LogP contribution in [0.2, 0.25) is 0 Å². The molecule has 1 unspecified atom stereocenters. The minimum absolute atomic E-state index is 0.306. The third kappa shape index (κ3) is 3.10. The van der Waals surface area contributed by atoms with Gasteiger partial charge >= 0.3 is 0 Å². The molecule has 0 rings (SSSR count). The summed E-state index contributed by atoms with van der Waals surface area (Å²) in [6.07, 6.45) is 0. The average Bonchev–Trinajstić information content (AvgIpc) is 1.31. The first-order valence-electron chi connectivity index (χ1n) is 2.42. The van der Waals surface area contributed by atoms with Crippen LogP contribution < -0.4 is 0 Å². The quantitative estimate of drug-likeness (QED) is 0.483. The van der Waals surface area contributed by atoms with Crippen molar-refractivity contribution < 1.29 is 0 Å². The van der Waals surface area contributed by atoms with Crippen molar-refractivity contribution >= 4 is 15.9 Å². The van der Waals surface area contributed by atoms with E-state index in [-0.39, 0.29) is 0 Å². The van der Waals surface area contributed by atoms with Crippen LogP contribution >= 0.6 is 15.9 Å². The normalized spacial score (nSPS) is 16.7. The Kier molecular flexibility index (Phi) is 2.31. The monoisotopic (exact) mass is 163 g/mol. The molecule has 7 heavy (non-hydrogen) atoms. The molecule has 0 heterocycles. The maximum atomic E-state index is 3.83. The van der Waals surface area contributed by atoms with Crippen LogP contribution in [0.25, 0.3) is 0 Å². The van der Waals surface area contributed by atoms with Crippen molar-refractivity contribution in [2.24, 2.45) is 5.41 Å². The number of rotatable bonds is 0. The van der Waals surface area contributed by atoms with Gasteiger partial charge in [-0.2, -0.15) is 0 Å². The van der Waals surface area contributed by atoms with E-state index in [0.29, 0.717) is 10.2 Å². The summed E-state index contributed by atoms with van der Waals surface area (Å²) >= 11 is 3.38. The van der Waals surface area contributed by atoms with Gasteiger partial charge in [0.25, 0.3) is 0 Å². The zero-order chi connectivity index (χ0) is 6.08. The van der Waals surface area contributed by atoms with E-state index < -0.39 is 0 Å². The number of hydrogen-bond acceptors (Lipinski definition) is 0. The number of alkyl halides is 1. The Balaban J connectivity index is 3.54. The number of halogens is 1. The van der Waals surface area contributed by atoms with Crippen LogP contribution in [0.4, 0.5) is 0 Å². The highest BCUT2D eigenvalue weighted by molar-refractivity contribution is 9.09. The van der Waals surface area contributed by atoms with Gasteiger partial charge in [0.05, 0.1) is 0 Å². The van der Waals surface area contributed by atoms with Gasteiger partial charge in [-0.15, -0.1) is 0 Å². The second-order valence-electron chi connectivity index (χ2n) is 2.83. The number of hydrogen-bond donors (Lipinski definition) is 0. The summed E-state index contributed by atoms with van der Waals surface area (Å²) in [4.78, 5) is 0.361. The molecule has 0 aromatic heterocycles. The average molecular weight is 164 g/mol. The summed E-state index contributed by atoms with van der Waals surface area (Å²) < 4.78 is 0. The van der Waals surface area contributed by atoms with E-state index in [1.165, 1.54) is 0 Å². The molecule has 0 aliphatic rings. The standard InChI is InChI=1S/C6H12Br/c1-5(7)6(2,3)4/h5H,1H2,2-4H3. The molecule has 43 valence electrons. The van der Waals surface area contributed by atoms with Crippen LogP contribution in [0.5, 0.6) is 0 Å². The predicted octanol–water partition coefficient (Wildman–Crippen LogP) is 2.63. The van der Waals surface area contributed by atoms with E-state index in [1.807, 2.05) is 0 Å². The van der Waals surface area contributed by atoms with Crippen LogP contribution in [0.15, 0.2) is 0 Å². The highest BCUT2D eigenvalue weighted by Gasteiger charge is 2.15. The molecule has 1 atom stereocenters. The van der Waals surface area contributed by atoms with Gasteiger partial charge in [0, 0.05) is 4.83 Å². The smallest absolute Gasteiger partial charge is 0.0194 e. The third-order valence-corrected chi connectivity index (χ3v) is 2.31. The summed E-state index contributed by atoms with van der Waals surface area (Å²) in [6.45, 7) is 10.3. The molecule has 0 saturated carbocycles. The molecule has 0 saturated heterocycles. The first-order chi connectivity index (χ1) is 2.94. The maximum Gasteiger partial charge on any atom is 0.0194 e. The van der Waals surface area contributed by atoms with Crippen molar-refractivity contribution in [1.29, 1.82) is 0 Å². The minimum Gasteiger partial charge on any atom is -0.0885 e. The fourth-order valence-corrected chi connectivity index (χ4v) is 0. The highest BCUT2D eigenvalue weighted by Crippen LogP contribution is 2.24. The van der Waals surface area contributed by atoms with Gasteiger partial charge < -0.3 is 0 Å². The summed E-state index contributed by atoms with van der Waals surface area (Å²) in [5.74, 6) is 0. The van der Waals surface area contributed by atoms with Gasteiger partial charge in [-0.25, -0.2) is 0 Å². The van der Waals surface area contributed by atoms with E-state index in [2.05, 4.69) is 43.6 Å². The summed E-state index contributed by atoms with van der Waals surface area (Å²) in [5, 5.41) is 0. The van der Waals surface area contributed by atoms with Crippen molar-refractivity contribution in [2.45, 2.75) is 25.6 Å². The second-order valence-corrected chi connectivity index (χ2v) is 3.94. The van der Waals surface area contributed by atoms with Gasteiger partial charge in [-0.3, -0.25) is 0 Å². The zero-order valence-corrected chi connectivity index (χ0v) is 6.75. The predicted molar refractivity (Wildman–Crippen MR) is 37.5 cm³/mol. The van der Waals surface area contributed by atoms with Gasteiger partial charge in [0.1, 0.15) is 0 Å². The van der Waals surface area contributed by atoms with Crippen molar-refractivity contribution in [3.63, 3.8) is 0 Å².